The molecule has 0 saturated carbocycles. The molecular formula is C14H19Cl2N5OS. The monoisotopic (exact) mass is 375 g/mol. The van der Waals surface area contributed by atoms with Gasteiger partial charge in [-0.2, -0.15) is 0 Å². The number of rotatable bonds is 3. The molecule has 0 spiro atoms. The Hall–Kier alpha value is -1.41. The van der Waals surface area contributed by atoms with Gasteiger partial charge in [-0.25, -0.2) is 9.97 Å². The molecule has 23 heavy (non-hydrogen) atoms. The fraction of sp³-hybridized carbons (Fsp3) is 0.357. The van der Waals surface area contributed by atoms with Gasteiger partial charge in [0.25, 0.3) is 5.91 Å². The minimum Gasteiger partial charge on any atom is -0.353 e. The van der Waals surface area contributed by atoms with Crippen molar-refractivity contribution < 1.29 is 4.79 Å². The van der Waals surface area contributed by atoms with E-state index in [9.17, 15) is 4.79 Å². The number of nitrogens with two attached hydrogens (primary N) is 1. The highest BCUT2D eigenvalue weighted by Crippen LogP contribution is 2.16. The first-order chi connectivity index (χ1) is 10.3. The van der Waals surface area contributed by atoms with E-state index in [1.54, 1.807) is 11.6 Å². The van der Waals surface area contributed by atoms with E-state index in [0.29, 0.717) is 25.3 Å². The molecule has 1 fully saturated rings. The summed E-state index contributed by atoms with van der Waals surface area (Å²) < 4.78 is 0. The molecule has 3 heterocycles. The summed E-state index contributed by atoms with van der Waals surface area (Å²) in [4.78, 5) is 25.0. The van der Waals surface area contributed by atoms with Gasteiger partial charge in [0, 0.05) is 44.3 Å². The van der Waals surface area contributed by atoms with Crippen LogP contribution >= 0.6 is 36.2 Å². The molecule has 2 N–H and O–H groups in total. The summed E-state index contributed by atoms with van der Waals surface area (Å²) in [5, 5.41) is 2.58. The highest BCUT2D eigenvalue weighted by atomic mass is 35.5. The Morgan fingerprint density at radius 3 is 2.52 bits per heavy atom. The zero-order valence-corrected chi connectivity index (χ0v) is 14.9. The summed E-state index contributed by atoms with van der Waals surface area (Å²) in [6, 6.07) is 5.87. The molecule has 1 aliphatic rings. The second-order valence-corrected chi connectivity index (χ2v) is 5.74. The third-order valence-electron chi connectivity index (χ3n) is 3.49. The van der Waals surface area contributed by atoms with Crippen LogP contribution in [-0.4, -0.2) is 47.0 Å². The van der Waals surface area contributed by atoms with Crippen LogP contribution in [0.4, 0.5) is 5.82 Å². The molecule has 0 atom stereocenters. The van der Waals surface area contributed by atoms with Gasteiger partial charge in [0.15, 0.2) is 0 Å². The molecule has 0 aliphatic carbocycles. The molecule has 0 bridgehead atoms. The Balaban J connectivity index is 0.00000132. The largest absolute Gasteiger partial charge is 0.353 e. The van der Waals surface area contributed by atoms with Crippen molar-refractivity contribution in [1.29, 1.82) is 0 Å². The maximum atomic E-state index is 12.4. The lowest BCUT2D eigenvalue weighted by molar-refractivity contribution is 0.0741. The molecule has 1 aliphatic heterocycles. The summed E-state index contributed by atoms with van der Waals surface area (Å²) in [5.41, 5.74) is 6.04. The Labute approximate surface area is 151 Å². The van der Waals surface area contributed by atoms with E-state index in [-0.39, 0.29) is 30.7 Å². The summed E-state index contributed by atoms with van der Waals surface area (Å²) >= 11 is 1.44. The van der Waals surface area contributed by atoms with E-state index in [2.05, 4.69) is 14.9 Å². The standard InChI is InChI=1S/C14H17N5OS.2ClH/c15-9-13-17-11(10-21-13)14(20)19-7-5-18(6-8-19)12-3-1-2-4-16-12;;/h1-4,10H,5-9,15H2;2*1H. The summed E-state index contributed by atoms with van der Waals surface area (Å²) in [5.74, 6) is 0.954. The number of piperazine rings is 1. The third-order valence-corrected chi connectivity index (χ3v) is 4.36. The number of halogens is 2. The fourth-order valence-electron chi connectivity index (χ4n) is 2.34. The third kappa shape index (κ3) is 4.54. The molecule has 1 amide bonds. The number of anilines is 1. The zero-order valence-electron chi connectivity index (χ0n) is 12.4. The molecule has 1 saturated heterocycles. The maximum Gasteiger partial charge on any atom is 0.273 e. The quantitative estimate of drug-likeness (QED) is 0.884. The van der Waals surface area contributed by atoms with Gasteiger partial charge in [0.1, 0.15) is 16.5 Å². The van der Waals surface area contributed by atoms with Gasteiger partial charge in [0.05, 0.1) is 0 Å². The van der Waals surface area contributed by atoms with Crippen LogP contribution in [0.25, 0.3) is 0 Å². The minimum absolute atomic E-state index is 0. The molecule has 0 radical (unpaired) electrons. The van der Waals surface area contributed by atoms with Crippen LogP contribution in [0.15, 0.2) is 29.8 Å². The number of thiazole rings is 1. The van der Waals surface area contributed by atoms with Crippen LogP contribution in [0.5, 0.6) is 0 Å². The molecule has 9 heteroatoms. The van der Waals surface area contributed by atoms with Crippen LogP contribution in [0, 0.1) is 0 Å². The molecule has 0 aromatic carbocycles. The van der Waals surface area contributed by atoms with Gasteiger partial charge in [-0.05, 0) is 12.1 Å². The van der Waals surface area contributed by atoms with Crippen molar-refractivity contribution in [2.24, 2.45) is 5.73 Å². The van der Waals surface area contributed by atoms with Gasteiger partial charge in [-0.15, -0.1) is 36.2 Å². The van der Waals surface area contributed by atoms with Gasteiger partial charge in [0.2, 0.25) is 0 Å². The Morgan fingerprint density at radius 1 is 1.22 bits per heavy atom. The van der Waals surface area contributed by atoms with Gasteiger partial charge in [-0.1, -0.05) is 6.07 Å². The molecule has 0 unspecified atom stereocenters. The zero-order chi connectivity index (χ0) is 14.7. The number of amides is 1. The van der Waals surface area contributed by atoms with Gasteiger partial charge < -0.3 is 15.5 Å². The van der Waals surface area contributed by atoms with E-state index >= 15 is 0 Å². The van der Waals surface area contributed by atoms with Crippen LogP contribution in [0.1, 0.15) is 15.5 Å². The second kappa shape index (κ2) is 9.02. The maximum absolute atomic E-state index is 12.4. The first-order valence-corrected chi connectivity index (χ1v) is 7.75. The van der Waals surface area contributed by atoms with E-state index in [1.165, 1.54) is 11.3 Å². The summed E-state index contributed by atoms with van der Waals surface area (Å²) in [6.45, 7) is 3.33. The first-order valence-electron chi connectivity index (χ1n) is 6.87. The molecule has 3 rings (SSSR count). The summed E-state index contributed by atoms with van der Waals surface area (Å²) in [6.07, 6.45) is 1.79. The van der Waals surface area contributed by atoms with Crippen LogP contribution in [-0.2, 0) is 6.54 Å². The number of carbonyl (C=O) groups is 1. The van der Waals surface area contributed by atoms with Gasteiger partial charge >= 0.3 is 0 Å². The molecule has 126 valence electrons. The normalized spacial score (nSPS) is 14.0. The Morgan fingerprint density at radius 2 is 1.96 bits per heavy atom. The number of hydrogen-bond acceptors (Lipinski definition) is 6. The van der Waals surface area contributed by atoms with E-state index in [1.807, 2.05) is 23.1 Å². The van der Waals surface area contributed by atoms with Crippen LogP contribution in [0.3, 0.4) is 0 Å². The lowest BCUT2D eigenvalue weighted by Crippen LogP contribution is -2.49. The minimum atomic E-state index is -0.00776. The lowest BCUT2D eigenvalue weighted by Gasteiger charge is -2.35. The van der Waals surface area contributed by atoms with Crippen molar-refractivity contribution in [3.63, 3.8) is 0 Å². The number of carbonyl (C=O) groups excluding carboxylic acids is 1. The molecular weight excluding hydrogens is 357 g/mol. The van der Waals surface area contributed by atoms with E-state index in [4.69, 9.17) is 5.73 Å². The predicted octanol–water partition coefficient (Wildman–Crippen LogP) is 1.80. The van der Waals surface area contributed by atoms with E-state index in [0.717, 1.165) is 23.9 Å². The number of hydrogen-bond donors (Lipinski definition) is 1. The molecule has 6 nitrogen and oxygen atoms in total. The van der Waals surface area contributed by atoms with Crippen LogP contribution in [0.2, 0.25) is 0 Å². The van der Waals surface area contributed by atoms with Crippen molar-refractivity contribution in [3.8, 4) is 0 Å². The van der Waals surface area contributed by atoms with Crippen molar-refractivity contribution in [2.75, 3.05) is 31.1 Å². The Kier molecular flexibility index (Phi) is 7.70. The highest BCUT2D eigenvalue weighted by molar-refractivity contribution is 7.09. The number of pyridine rings is 1. The Bertz CT molecular complexity index is 617. The number of nitrogens with zero attached hydrogens (tertiary/aromatic N) is 4. The lowest BCUT2D eigenvalue weighted by atomic mass is 10.3. The van der Waals surface area contributed by atoms with Gasteiger partial charge in [-0.3, -0.25) is 4.79 Å². The highest BCUT2D eigenvalue weighted by Gasteiger charge is 2.24. The summed E-state index contributed by atoms with van der Waals surface area (Å²) in [7, 11) is 0. The topological polar surface area (TPSA) is 75.3 Å². The van der Waals surface area contributed by atoms with Crippen molar-refractivity contribution >= 4 is 47.9 Å². The number of aromatic nitrogens is 2. The smallest absolute Gasteiger partial charge is 0.273 e. The molecule has 2 aromatic rings. The van der Waals surface area contributed by atoms with Crippen molar-refractivity contribution in [3.05, 3.63) is 40.5 Å². The van der Waals surface area contributed by atoms with Crippen molar-refractivity contribution in [2.45, 2.75) is 6.54 Å². The average Bonchev–Trinajstić information content (AvgIpc) is 3.04. The first kappa shape index (κ1) is 19.6. The predicted molar refractivity (Wildman–Crippen MR) is 96.9 cm³/mol. The average molecular weight is 376 g/mol. The SMILES string of the molecule is Cl.Cl.NCc1nc(C(=O)N2CCN(c3ccccn3)CC2)cs1. The fourth-order valence-corrected chi connectivity index (χ4v) is 2.99. The second-order valence-electron chi connectivity index (χ2n) is 4.80. The molecule has 2 aromatic heterocycles. The van der Waals surface area contributed by atoms with Crippen LogP contribution < -0.4 is 10.6 Å². The van der Waals surface area contributed by atoms with E-state index < -0.39 is 0 Å². The van der Waals surface area contributed by atoms with Crippen molar-refractivity contribution in [1.82, 2.24) is 14.9 Å².